The second-order valence-electron chi connectivity index (χ2n) is 8.21. The van der Waals surface area contributed by atoms with Gasteiger partial charge in [0.05, 0.1) is 12.5 Å². The molecule has 152 valence electrons. The molecule has 2 atom stereocenters. The van der Waals surface area contributed by atoms with E-state index < -0.39 is 11.7 Å². The van der Waals surface area contributed by atoms with Crippen molar-refractivity contribution in [2.75, 3.05) is 13.2 Å². The summed E-state index contributed by atoms with van der Waals surface area (Å²) in [6.45, 7) is 6.09. The van der Waals surface area contributed by atoms with Crippen molar-refractivity contribution in [2.24, 2.45) is 0 Å². The SMILES string of the molecule is CC(C(=O)OCC1COC(C)(C)O1)c1ccc2c(c1)CCc1ccccc1C2=O. The first-order valence-electron chi connectivity index (χ1n) is 10.1. The Morgan fingerprint density at radius 2 is 1.86 bits per heavy atom. The Morgan fingerprint density at radius 1 is 1.14 bits per heavy atom. The first-order chi connectivity index (χ1) is 13.8. The lowest BCUT2D eigenvalue weighted by atomic mass is 9.93. The molecular formula is C24H26O5. The second-order valence-corrected chi connectivity index (χ2v) is 8.21. The van der Waals surface area contributed by atoms with Gasteiger partial charge in [-0.05, 0) is 50.3 Å². The van der Waals surface area contributed by atoms with E-state index in [0.717, 1.165) is 40.7 Å². The maximum absolute atomic E-state index is 12.9. The molecule has 29 heavy (non-hydrogen) atoms. The number of aryl methyl sites for hydroxylation is 2. The Hall–Kier alpha value is -2.50. The average molecular weight is 394 g/mol. The van der Waals surface area contributed by atoms with Gasteiger partial charge in [-0.2, -0.15) is 0 Å². The zero-order valence-electron chi connectivity index (χ0n) is 17.1. The number of ketones is 1. The van der Waals surface area contributed by atoms with Crippen LogP contribution in [0.3, 0.4) is 0 Å². The van der Waals surface area contributed by atoms with Crippen LogP contribution in [0.2, 0.25) is 0 Å². The van der Waals surface area contributed by atoms with Crippen LogP contribution in [0.4, 0.5) is 0 Å². The summed E-state index contributed by atoms with van der Waals surface area (Å²) < 4.78 is 16.6. The summed E-state index contributed by atoms with van der Waals surface area (Å²) in [6, 6.07) is 13.4. The second kappa shape index (κ2) is 7.73. The summed E-state index contributed by atoms with van der Waals surface area (Å²) >= 11 is 0. The van der Waals surface area contributed by atoms with Crippen molar-refractivity contribution in [3.05, 3.63) is 70.3 Å². The van der Waals surface area contributed by atoms with Crippen molar-refractivity contribution in [1.29, 1.82) is 0 Å². The van der Waals surface area contributed by atoms with Crippen molar-refractivity contribution >= 4 is 11.8 Å². The molecule has 5 heteroatoms. The van der Waals surface area contributed by atoms with Gasteiger partial charge >= 0.3 is 5.97 Å². The van der Waals surface area contributed by atoms with E-state index in [-0.39, 0.29) is 24.5 Å². The first kappa shape index (κ1) is 19.8. The standard InChI is InChI=1S/C24H26O5/c1-15(23(26)27-13-19-14-28-24(2,3)29-19)17-10-11-21-18(12-17)9-8-16-6-4-5-7-20(16)22(21)25/h4-7,10-12,15,19H,8-9,13-14H2,1-3H3. The van der Waals surface area contributed by atoms with E-state index in [4.69, 9.17) is 14.2 Å². The maximum Gasteiger partial charge on any atom is 0.313 e. The Labute approximate surface area is 171 Å². The Kier molecular flexibility index (Phi) is 5.28. The number of hydrogen-bond donors (Lipinski definition) is 0. The fraction of sp³-hybridized carbons (Fsp3) is 0.417. The van der Waals surface area contributed by atoms with Gasteiger partial charge in [-0.1, -0.05) is 42.5 Å². The van der Waals surface area contributed by atoms with E-state index in [1.807, 2.05) is 63.2 Å². The molecule has 0 aromatic heterocycles. The van der Waals surface area contributed by atoms with E-state index in [9.17, 15) is 9.59 Å². The monoisotopic (exact) mass is 394 g/mol. The van der Waals surface area contributed by atoms with Crippen LogP contribution in [0.25, 0.3) is 0 Å². The molecule has 1 aliphatic heterocycles. The van der Waals surface area contributed by atoms with Gasteiger partial charge in [0, 0.05) is 11.1 Å². The van der Waals surface area contributed by atoms with Gasteiger partial charge in [0.15, 0.2) is 11.6 Å². The van der Waals surface area contributed by atoms with Crippen LogP contribution in [0.1, 0.15) is 59.3 Å². The Balaban J connectivity index is 1.46. The largest absolute Gasteiger partial charge is 0.462 e. The molecule has 2 aromatic carbocycles. The number of carbonyl (C=O) groups excluding carboxylic acids is 2. The molecule has 0 spiro atoms. The van der Waals surface area contributed by atoms with Crippen LogP contribution in [-0.2, 0) is 31.8 Å². The van der Waals surface area contributed by atoms with Crippen LogP contribution in [0.15, 0.2) is 42.5 Å². The van der Waals surface area contributed by atoms with Crippen molar-refractivity contribution in [3.63, 3.8) is 0 Å². The van der Waals surface area contributed by atoms with Crippen molar-refractivity contribution in [2.45, 2.75) is 51.4 Å². The summed E-state index contributed by atoms with van der Waals surface area (Å²) in [5, 5.41) is 0. The number of rotatable bonds is 4. The predicted octanol–water partition coefficient (Wildman–Crippen LogP) is 3.81. The number of hydrogen-bond acceptors (Lipinski definition) is 5. The fourth-order valence-corrected chi connectivity index (χ4v) is 3.97. The highest BCUT2D eigenvalue weighted by atomic mass is 16.7. The molecular weight excluding hydrogens is 368 g/mol. The third kappa shape index (κ3) is 4.11. The lowest BCUT2D eigenvalue weighted by Crippen LogP contribution is -2.26. The summed E-state index contributed by atoms with van der Waals surface area (Å²) in [5.41, 5.74) is 4.41. The molecule has 0 radical (unpaired) electrons. The number of benzene rings is 2. The molecule has 0 bridgehead atoms. The minimum atomic E-state index is -0.635. The third-order valence-corrected chi connectivity index (χ3v) is 5.63. The summed E-state index contributed by atoms with van der Waals surface area (Å²) in [6.07, 6.45) is 1.34. The number of esters is 1. The lowest BCUT2D eigenvalue weighted by molar-refractivity contribution is -0.159. The smallest absolute Gasteiger partial charge is 0.313 e. The topological polar surface area (TPSA) is 61.8 Å². The van der Waals surface area contributed by atoms with Crippen LogP contribution >= 0.6 is 0 Å². The molecule has 5 nitrogen and oxygen atoms in total. The molecule has 4 rings (SSSR count). The molecule has 1 heterocycles. The van der Waals surface area contributed by atoms with Gasteiger partial charge in [-0.25, -0.2) is 0 Å². The minimum Gasteiger partial charge on any atom is -0.462 e. The van der Waals surface area contributed by atoms with Crippen molar-refractivity contribution < 1.29 is 23.8 Å². The highest BCUT2D eigenvalue weighted by Crippen LogP contribution is 2.28. The Bertz CT molecular complexity index is 946. The molecule has 1 aliphatic carbocycles. The van der Waals surface area contributed by atoms with E-state index in [1.165, 1.54) is 0 Å². The maximum atomic E-state index is 12.9. The molecule has 2 aromatic rings. The summed E-state index contributed by atoms with van der Waals surface area (Å²) in [7, 11) is 0. The Morgan fingerprint density at radius 3 is 2.62 bits per heavy atom. The minimum absolute atomic E-state index is 0.0517. The summed E-state index contributed by atoms with van der Waals surface area (Å²) in [4.78, 5) is 25.5. The van der Waals surface area contributed by atoms with Gasteiger partial charge < -0.3 is 14.2 Å². The zero-order chi connectivity index (χ0) is 20.6. The van der Waals surface area contributed by atoms with E-state index >= 15 is 0 Å². The average Bonchev–Trinajstić information content (AvgIpc) is 3.00. The molecule has 2 unspecified atom stereocenters. The van der Waals surface area contributed by atoms with Gasteiger partial charge in [0.1, 0.15) is 12.7 Å². The predicted molar refractivity (Wildman–Crippen MR) is 108 cm³/mol. The molecule has 0 N–H and O–H groups in total. The van der Waals surface area contributed by atoms with E-state index in [1.54, 1.807) is 0 Å². The summed E-state index contributed by atoms with van der Waals surface area (Å²) in [5.74, 6) is -1.31. The molecule has 2 aliphatic rings. The zero-order valence-corrected chi connectivity index (χ0v) is 17.1. The first-order valence-corrected chi connectivity index (χ1v) is 10.1. The van der Waals surface area contributed by atoms with Crippen molar-refractivity contribution in [1.82, 2.24) is 0 Å². The normalized spacial score (nSPS) is 21.1. The highest BCUT2D eigenvalue weighted by Gasteiger charge is 2.33. The van der Waals surface area contributed by atoms with Crippen LogP contribution in [-0.4, -0.2) is 36.9 Å². The number of ether oxygens (including phenoxy) is 3. The van der Waals surface area contributed by atoms with Gasteiger partial charge in [0.2, 0.25) is 0 Å². The number of fused-ring (bicyclic) bond motifs is 2. The number of carbonyl (C=O) groups is 2. The van der Waals surface area contributed by atoms with Gasteiger partial charge in [-0.3, -0.25) is 9.59 Å². The van der Waals surface area contributed by atoms with E-state index in [2.05, 4.69) is 0 Å². The third-order valence-electron chi connectivity index (χ3n) is 5.63. The fourth-order valence-electron chi connectivity index (χ4n) is 3.97. The van der Waals surface area contributed by atoms with Crippen LogP contribution in [0.5, 0.6) is 0 Å². The molecule has 1 saturated heterocycles. The van der Waals surface area contributed by atoms with Gasteiger partial charge in [0.25, 0.3) is 0 Å². The van der Waals surface area contributed by atoms with Crippen molar-refractivity contribution in [3.8, 4) is 0 Å². The molecule has 0 amide bonds. The lowest BCUT2D eigenvalue weighted by Gasteiger charge is -2.18. The van der Waals surface area contributed by atoms with Crippen LogP contribution in [0, 0.1) is 0 Å². The highest BCUT2D eigenvalue weighted by molar-refractivity contribution is 6.11. The van der Waals surface area contributed by atoms with E-state index in [0.29, 0.717) is 6.61 Å². The molecule has 1 fully saturated rings. The van der Waals surface area contributed by atoms with Crippen LogP contribution < -0.4 is 0 Å². The quantitative estimate of drug-likeness (QED) is 0.738. The van der Waals surface area contributed by atoms with Gasteiger partial charge in [-0.15, -0.1) is 0 Å². The molecule has 0 saturated carbocycles.